The fraction of sp³-hybridized carbons (Fsp3) is 0. The number of aromatic amines is 1. The van der Waals surface area contributed by atoms with Gasteiger partial charge in [-0.3, -0.25) is 4.79 Å². The predicted octanol–water partition coefficient (Wildman–Crippen LogP) is 3.32. The molecule has 0 bridgehead atoms. The number of benzene rings is 1. The molecule has 0 amide bonds. The summed E-state index contributed by atoms with van der Waals surface area (Å²) in [5, 5.41) is 10.0. The van der Waals surface area contributed by atoms with Crippen LogP contribution in [0.15, 0.2) is 31.9 Å². The maximum absolute atomic E-state index is 11.5. The number of halogens is 3. The van der Waals surface area contributed by atoms with E-state index in [2.05, 4.69) is 41.8 Å². The lowest BCUT2D eigenvalue weighted by atomic mass is 10.2. The van der Waals surface area contributed by atoms with Crippen LogP contribution in [0.3, 0.4) is 0 Å². The third-order valence-corrected chi connectivity index (χ3v) is 3.64. The Morgan fingerprint density at radius 1 is 1.35 bits per heavy atom. The molecule has 1 aromatic carbocycles. The van der Waals surface area contributed by atoms with Gasteiger partial charge in [-0.2, -0.15) is 4.98 Å². The largest absolute Gasteiger partial charge is 0.492 e. The Kier molecular flexibility index (Phi) is 3.56. The Morgan fingerprint density at radius 2 is 2.06 bits per heavy atom. The minimum absolute atomic E-state index is 0.00587. The highest BCUT2D eigenvalue weighted by atomic mass is 79.9. The first-order valence-electron chi connectivity index (χ1n) is 4.43. The molecule has 0 fully saturated rings. The van der Waals surface area contributed by atoms with Gasteiger partial charge < -0.3 is 10.1 Å². The molecule has 1 heterocycles. The minimum atomic E-state index is -0.450. The molecule has 0 aliphatic rings. The molecule has 0 unspecified atom stereocenters. The van der Waals surface area contributed by atoms with Crippen LogP contribution in [0.1, 0.15) is 0 Å². The lowest BCUT2D eigenvalue weighted by Crippen LogP contribution is -2.09. The number of rotatable bonds is 1. The summed E-state index contributed by atoms with van der Waals surface area (Å²) < 4.78 is 0.682. The van der Waals surface area contributed by atoms with E-state index < -0.39 is 5.56 Å². The van der Waals surface area contributed by atoms with Crippen molar-refractivity contribution in [1.29, 1.82) is 0 Å². The standard InChI is InChI=1S/C10H5Br2ClN2O2/c11-6-3-4(13)1-2-5(6)8-14-9(16)7(12)10(17)15-8/h1-3H,(H2,14,15,16,17). The van der Waals surface area contributed by atoms with E-state index >= 15 is 0 Å². The van der Waals surface area contributed by atoms with Gasteiger partial charge in [-0.25, -0.2) is 0 Å². The lowest BCUT2D eigenvalue weighted by Gasteiger charge is -2.05. The van der Waals surface area contributed by atoms with E-state index in [0.29, 0.717) is 15.1 Å². The summed E-state index contributed by atoms with van der Waals surface area (Å²) in [4.78, 5) is 17.9. The number of nitrogens with one attached hydrogen (secondary N) is 1. The van der Waals surface area contributed by atoms with Crippen LogP contribution >= 0.6 is 43.5 Å². The molecule has 0 radical (unpaired) electrons. The van der Waals surface area contributed by atoms with Crippen molar-refractivity contribution in [2.24, 2.45) is 0 Å². The molecule has 2 N–H and O–H groups in total. The molecule has 2 rings (SSSR count). The van der Waals surface area contributed by atoms with Crippen molar-refractivity contribution in [3.63, 3.8) is 0 Å². The first-order chi connectivity index (χ1) is 7.99. The zero-order valence-corrected chi connectivity index (χ0v) is 12.1. The van der Waals surface area contributed by atoms with E-state index in [0.717, 1.165) is 0 Å². The summed E-state index contributed by atoms with van der Waals surface area (Å²) in [6, 6.07) is 5.04. The smallest absolute Gasteiger partial charge is 0.269 e. The topological polar surface area (TPSA) is 66.0 Å². The second-order valence-corrected chi connectivity index (χ2v) is 5.26. The van der Waals surface area contributed by atoms with Gasteiger partial charge in [0.2, 0.25) is 5.88 Å². The summed E-state index contributed by atoms with van der Waals surface area (Å²) in [5.41, 5.74) is 0.184. The highest BCUT2D eigenvalue weighted by Crippen LogP contribution is 2.29. The summed E-state index contributed by atoms with van der Waals surface area (Å²) in [5.74, 6) is -0.0927. The van der Waals surface area contributed by atoms with Crippen LogP contribution in [0.2, 0.25) is 5.02 Å². The van der Waals surface area contributed by atoms with Crippen molar-refractivity contribution < 1.29 is 5.11 Å². The fourth-order valence-corrected chi connectivity index (χ4v) is 2.31. The number of hydrogen-bond acceptors (Lipinski definition) is 3. The summed E-state index contributed by atoms with van der Waals surface area (Å²) in [7, 11) is 0. The van der Waals surface area contributed by atoms with Gasteiger partial charge in [-0.05, 0) is 50.1 Å². The molecule has 4 nitrogen and oxygen atoms in total. The van der Waals surface area contributed by atoms with Gasteiger partial charge in [0.25, 0.3) is 5.56 Å². The van der Waals surface area contributed by atoms with Gasteiger partial charge in [-0.15, -0.1) is 0 Å². The fourth-order valence-electron chi connectivity index (χ4n) is 1.26. The number of hydrogen-bond donors (Lipinski definition) is 2. The van der Waals surface area contributed by atoms with Crippen molar-refractivity contribution >= 4 is 43.5 Å². The molecule has 2 aromatic rings. The third kappa shape index (κ3) is 2.53. The van der Waals surface area contributed by atoms with Gasteiger partial charge >= 0.3 is 0 Å². The van der Waals surface area contributed by atoms with Crippen molar-refractivity contribution in [2.45, 2.75) is 0 Å². The van der Waals surface area contributed by atoms with Crippen molar-refractivity contribution in [1.82, 2.24) is 9.97 Å². The highest BCUT2D eigenvalue weighted by Gasteiger charge is 2.11. The van der Waals surface area contributed by atoms with E-state index in [-0.39, 0.29) is 16.2 Å². The van der Waals surface area contributed by atoms with Gasteiger partial charge in [0.05, 0.1) is 0 Å². The average Bonchev–Trinajstić information content (AvgIpc) is 2.25. The normalized spacial score (nSPS) is 10.5. The minimum Gasteiger partial charge on any atom is -0.492 e. The summed E-state index contributed by atoms with van der Waals surface area (Å²) >= 11 is 12.1. The zero-order chi connectivity index (χ0) is 12.6. The summed E-state index contributed by atoms with van der Waals surface area (Å²) in [6.07, 6.45) is 0. The van der Waals surface area contributed by atoms with Gasteiger partial charge in [0, 0.05) is 15.1 Å². The maximum Gasteiger partial charge on any atom is 0.269 e. The van der Waals surface area contributed by atoms with E-state index in [1.54, 1.807) is 18.2 Å². The molecule has 88 valence electrons. The van der Waals surface area contributed by atoms with E-state index in [4.69, 9.17) is 11.6 Å². The summed E-state index contributed by atoms with van der Waals surface area (Å²) in [6.45, 7) is 0. The van der Waals surface area contributed by atoms with E-state index in [1.807, 2.05) is 0 Å². The highest BCUT2D eigenvalue weighted by molar-refractivity contribution is 9.11. The number of H-pyrrole nitrogens is 1. The molecule has 7 heteroatoms. The van der Waals surface area contributed by atoms with Crippen LogP contribution in [0.25, 0.3) is 11.4 Å². The monoisotopic (exact) mass is 378 g/mol. The van der Waals surface area contributed by atoms with Crippen LogP contribution < -0.4 is 5.56 Å². The number of nitrogens with zero attached hydrogens (tertiary/aromatic N) is 1. The second-order valence-electron chi connectivity index (χ2n) is 3.18. The Morgan fingerprint density at radius 3 is 2.65 bits per heavy atom. The molecule has 0 saturated carbocycles. The lowest BCUT2D eigenvalue weighted by molar-refractivity contribution is 0.448. The SMILES string of the molecule is O=c1[nH]c(-c2ccc(Cl)cc2Br)nc(O)c1Br. The van der Waals surface area contributed by atoms with E-state index in [9.17, 15) is 9.90 Å². The average molecular weight is 380 g/mol. The molecular weight excluding hydrogens is 375 g/mol. The van der Waals surface area contributed by atoms with Crippen molar-refractivity contribution in [2.75, 3.05) is 0 Å². The number of aromatic nitrogens is 2. The second kappa shape index (κ2) is 4.80. The van der Waals surface area contributed by atoms with Crippen molar-refractivity contribution in [3.8, 4) is 17.3 Å². The Labute approximate surface area is 118 Å². The van der Waals surface area contributed by atoms with E-state index in [1.165, 1.54) is 0 Å². The Bertz CT molecular complexity index is 643. The molecule has 1 aromatic heterocycles. The maximum atomic E-state index is 11.5. The predicted molar refractivity (Wildman–Crippen MR) is 72.4 cm³/mol. The van der Waals surface area contributed by atoms with Crippen LogP contribution in [0, 0.1) is 0 Å². The Balaban J connectivity index is 2.65. The first kappa shape index (κ1) is 12.6. The Hall–Kier alpha value is -0.850. The quantitative estimate of drug-likeness (QED) is 0.798. The molecule has 0 aliphatic heterocycles. The van der Waals surface area contributed by atoms with Crippen LogP contribution in [0.4, 0.5) is 0 Å². The van der Waals surface area contributed by atoms with Gasteiger partial charge in [0.15, 0.2) is 0 Å². The van der Waals surface area contributed by atoms with Gasteiger partial charge in [-0.1, -0.05) is 11.6 Å². The zero-order valence-electron chi connectivity index (χ0n) is 8.17. The molecule has 0 aliphatic carbocycles. The molecule has 0 saturated heterocycles. The van der Waals surface area contributed by atoms with Crippen LogP contribution in [-0.2, 0) is 0 Å². The molecule has 0 atom stereocenters. The third-order valence-electron chi connectivity index (χ3n) is 2.03. The first-order valence-corrected chi connectivity index (χ1v) is 6.39. The van der Waals surface area contributed by atoms with Crippen LogP contribution in [0.5, 0.6) is 5.88 Å². The molecule has 17 heavy (non-hydrogen) atoms. The van der Waals surface area contributed by atoms with Gasteiger partial charge in [0.1, 0.15) is 10.3 Å². The molecular formula is C10H5Br2ClN2O2. The van der Waals surface area contributed by atoms with Crippen LogP contribution in [-0.4, -0.2) is 15.1 Å². The van der Waals surface area contributed by atoms with Crippen molar-refractivity contribution in [3.05, 3.63) is 42.5 Å². The molecule has 0 spiro atoms. The number of aromatic hydroxyl groups is 1.